The molecule has 248 valence electrons. The number of nitrogens with one attached hydrogen (secondary N) is 1. The number of amides is 1. The molecule has 0 atom stereocenters. The summed E-state index contributed by atoms with van der Waals surface area (Å²) < 4.78 is 39.4. The second kappa shape index (κ2) is 17.0. The molecule has 2 aromatic rings. The number of rotatable bonds is 15. The molecule has 45 heavy (non-hydrogen) atoms. The number of carbonyl (C=O) groups excluding carboxylic acids is 1. The third kappa shape index (κ3) is 10.5. The molecule has 1 N–H and O–H groups in total. The van der Waals surface area contributed by atoms with Crippen LogP contribution in [0, 0.1) is 17.1 Å². The number of nitriles is 1. The first kappa shape index (κ1) is 38.1. The quantitative estimate of drug-likeness (QED) is 0.116. The van der Waals surface area contributed by atoms with Gasteiger partial charge in [-0.25, -0.2) is 9.18 Å². The highest BCUT2D eigenvalue weighted by Gasteiger charge is 2.44. The Kier molecular flexibility index (Phi) is 14.4. The highest BCUT2D eigenvalue weighted by Crippen LogP contribution is 2.42. The summed E-state index contributed by atoms with van der Waals surface area (Å²) in [6.07, 6.45) is 1.32. The zero-order valence-electron chi connectivity index (χ0n) is 28.7. The van der Waals surface area contributed by atoms with Crippen molar-refractivity contribution in [1.82, 2.24) is 5.32 Å². The Bertz CT molecular complexity index is 1350. The van der Waals surface area contributed by atoms with Gasteiger partial charge in [0.2, 0.25) is 0 Å². The summed E-state index contributed by atoms with van der Waals surface area (Å²) in [4.78, 5) is 17.0. The number of aliphatic imine (C=N–C) groups is 1. The number of alkyl carbamates (subject to hydrolysis) is 1. The van der Waals surface area contributed by atoms with Crippen LogP contribution >= 0.6 is 11.8 Å². The highest BCUT2D eigenvalue weighted by atomic mass is 32.2. The maximum atomic E-state index is 16.0. The van der Waals surface area contributed by atoms with Crippen LogP contribution in [0.25, 0.3) is 0 Å². The Morgan fingerprint density at radius 3 is 2.24 bits per heavy atom. The van der Waals surface area contributed by atoms with Crippen molar-refractivity contribution >= 4 is 37.6 Å². The summed E-state index contributed by atoms with van der Waals surface area (Å²) in [5.74, 6) is 0.371. The van der Waals surface area contributed by atoms with Crippen molar-refractivity contribution in [3.63, 3.8) is 0 Å². The van der Waals surface area contributed by atoms with Gasteiger partial charge in [0, 0.05) is 23.9 Å². The maximum Gasteiger partial charge on any atom is 0.407 e. The number of benzene rings is 2. The normalized spacial score (nSPS) is 12.4. The fourth-order valence-electron chi connectivity index (χ4n) is 5.72. The Labute approximate surface area is 274 Å². The number of hydrogen-bond donors (Lipinski definition) is 1. The number of halogens is 1. The first-order chi connectivity index (χ1) is 21.1. The van der Waals surface area contributed by atoms with Crippen molar-refractivity contribution < 1.29 is 27.8 Å². The lowest BCUT2D eigenvalue weighted by atomic mass is 10.1. The smallest absolute Gasteiger partial charge is 0.407 e. The molecule has 0 saturated heterocycles. The molecule has 0 saturated carbocycles. The van der Waals surface area contributed by atoms with Gasteiger partial charge < -0.3 is 24.0 Å². The number of hydrogen-bond acceptors (Lipinski definition) is 8. The third-order valence-corrected chi connectivity index (χ3v) is 14.2. The molecule has 8 nitrogen and oxygen atoms in total. The molecule has 0 bridgehead atoms. The minimum atomic E-state index is -2.09. The lowest BCUT2D eigenvalue weighted by molar-refractivity contribution is 0.0523. The van der Waals surface area contributed by atoms with Crippen LogP contribution in [0.3, 0.4) is 0 Å². The van der Waals surface area contributed by atoms with E-state index in [0.717, 1.165) is 0 Å². The number of nitrogens with zero attached hydrogens (tertiary/aromatic N) is 2. The molecule has 0 aliphatic carbocycles. The standard InChI is InChI=1S/C34H50FN3O5SSi/c1-22(2)45(23(3)4,24(5)6)42-15-14-41-31-18-28(40-10)17-29(32(31)35)30(21-44-11)38-27-13-12-25(19-36)26(16-27)20-37-33(39)43-34(7,8)9/h12-13,16-18,22-24H,14-15,20-21H2,1-11H3,(H,37,39). The van der Waals surface area contributed by atoms with E-state index in [2.05, 4.69) is 52.9 Å². The molecule has 0 unspecified atom stereocenters. The van der Waals surface area contributed by atoms with Crippen molar-refractivity contribution in [2.75, 3.05) is 32.3 Å². The SMILES string of the molecule is COc1cc(OCCO[Si](C(C)C)(C(C)C)C(C)C)c(F)c(C(CSC)=Nc2ccc(C#N)c(CNC(=O)OC(C)(C)C)c2)c1. The van der Waals surface area contributed by atoms with Gasteiger partial charge in [-0.2, -0.15) is 17.0 Å². The van der Waals surface area contributed by atoms with Crippen LogP contribution in [0.2, 0.25) is 16.6 Å². The molecule has 0 aliphatic rings. The Morgan fingerprint density at radius 2 is 1.71 bits per heavy atom. The van der Waals surface area contributed by atoms with E-state index in [1.807, 2.05) is 6.26 Å². The number of thioether (sulfide) groups is 1. The van der Waals surface area contributed by atoms with Crippen LogP contribution in [0.15, 0.2) is 35.3 Å². The molecule has 0 aliphatic heterocycles. The van der Waals surface area contributed by atoms with E-state index >= 15 is 4.39 Å². The van der Waals surface area contributed by atoms with Crippen LogP contribution in [0.1, 0.15) is 79.0 Å². The fourth-order valence-corrected chi connectivity index (χ4v) is 11.7. The van der Waals surface area contributed by atoms with Gasteiger partial charge in [-0.3, -0.25) is 4.99 Å². The highest BCUT2D eigenvalue weighted by molar-refractivity contribution is 7.99. The van der Waals surface area contributed by atoms with Crippen molar-refractivity contribution in [2.24, 2.45) is 4.99 Å². The third-order valence-electron chi connectivity index (χ3n) is 7.54. The summed E-state index contributed by atoms with van der Waals surface area (Å²) >= 11 is 1.49. The first-order valence-corrected chi connectivity index (χ1v) is 18.8. The van der Waals surface area contributed by atoms with Gasteiger partial charge in [0.15, 0.2) is 19.9 Å². The van der Waals surface area contributed by atoms with E-state index < -0.39 is 25.8 Å². The van der Waals surface area contributed by atoms with Gasteiger partial charge in [-0.15, -0.1) is 0 Å². The van der Waals surface area contributed by atoms with Crippen molar-refractivity contribution in [2.45, 2.75) is 91.1 Å². The largest absolute Gasteiger partial charge is 0.497 e. The molecule has 0 heterocycles. The van der Waals surface area contributed by atoms with E-state index in [9.17, 15) is 10.1 Å². The minimum Gasteiger partial charge on any atom is -0.497 e. The Balaban J connectivity index is 2.39. The molecule has 2 rings (SSSR count). The van der Waals surface area contributed by atoms with Crippen LogP contribution in [-0.4, -0.2) is 58.1 Å². The molecule has 1 amide bonds. The van der Waals surface area contributed by atoms with E-state index in [1.165, 1.54) is 24.9 Å². The minimum absolute atomic E-state index is 0.0646. The van der Waals surface area contributed by atoms with Gasteiger partial charge in [-0.05, 0) is 73.5 Å². The second-order valence-electron chi connectivity index (χ2n) is 12.8. The first-order valence-electron chi connectivity index (χ1n) is 15.3. The summed E-state index contributed by atoms with van der Waals surface area (Å²) in [5.41, 5.74) is 2.83. The van der Waals surface area contributed by atoms with Gasteiger partial charge >= 0.3 is 6.09 Å². The van der Waals surface area contributed by atoms with Gasteiger partial charge in [0.25, 0.3) is 0 Å². The summed E-state index contributed by atoms with van der Waals surface area (Å²) in [7, 11) is -0.564. The summed E-state index contributed by atoms with van der Waals surface area (Å²) in [5, 5.41) is 12.3. The molecular weight excluding hydrogens is 610 g/mol. The lowest BCUT2D eigenvalue weighted by Crippen LogP contribution is -2.48. The summed E-state index contributed by atoms with van der Waals surface area (Å²) in [6.45, 7) is 19.3. The topological polar surface area (TPSA) is 102 Å². The zero-order valence-corrected chi connectivity index (χ0v) is 30.5. The van der Waals surface area contributed by atoms with Gasteiger partial charge in [0.1, 0.15) is 18.0 Å². The summed E-state index contributed by atoms with van der Waals surface area (Å²) in [6, 6.07) is 10.3. The molecule has 2 aromatic carbocycles. The molecule has 0 aromatic heterocycles. The maximum absolute atomic E-state index is 16.0. The van der Waals surface area contributed by atoms with Crippen LogP contribution in [0.4, 0.5) is 14.9 Å². The van der Waals surface area contributed by atoms with E-state index in [0.29, 0.717) is 57.3 Å². The number of carbonyl (C=O) groups is 1. The lowest BCUT2D eigenvalue weighted by Gasteiger charge is -2.42. The fraction of sp³-hybridized carbons (Fsp3) is 0.559. The predicted octanol–water partition coefficient (Wildman–Crippen LogP) is 8.79. The van der Waals surface area contributed by atoms with Crippen LogP contribution in [-0.2, 0) is 15.7 Å². The Morgan fingerprint density at radius 1 is 1.07 bits per heavy atom. The van der Waals surface area contributed by atoms with Crippen molar-refractivity contribution in [1.29, 1.82) is 5.26 Å². The van der Waals surface area contributed by atoms with Crippen LogP contribution in [0.5, 0.6) is 11.5 Å². The van der Waals surface area contributed by atoms with Crippen LogP contribution < -0.4 is 14.8 Å². The zero-order chi connectivity index (χ0) is 33.9. The Hall–Kier alpha value is -3.07. The van der Waals surface area contributed by atoms with E-state index in [-0.39, 0.29) is 24.5 Å². The van der Waals surface area contributed by atoms with Crippen molar-refractivity contribution in [3.8, 4) is 17.6 Å². The molecule has 11 heteroatoms. The average Bonchev–Trinajstić information content (AvgIpc) is 2.95. The van der Waals surface area contributed by atoms with Crippen molar-refractivity contribution in [3.05, 3.63) is 52.8 Å². The van der Waals surface area contributed by atoms with Gasteiger partial charge in [0.05, 0.1) is 36.7 Å². The van der Waals surface area contributed by atoms with Gasteiger partial charge in [-0.1, -0.05) is 41.5 Å². The average molecular weight is 660 g/mol. The van der Waals surface area contributed by atoms with E-state index in [4.69, 9.17) is 23.6 Å². The van der Waals surface area contributed by atoms with E-state index in [1.54, 1.807) is 45.0 Å². The molecule has 0 fully saturated rings. The molecular formula is C34H50FN3O5SSi. The predicted molar refractivity (Wildman–Crippen MR) is 184 cm³/mol. The second-order valence-corrected chi connectivity index (χ2v) is 19.1. The number of methoxy groups -OCH3 is 1. The monoisotopic (exact) mass is 659 g/mol. The number of ether oxygens (including phenoxy) is 3. The molecule has 0 spiro atoms. The molecule has 0 radical (unpaired) electrons.